The van der Waals surface area contributed by atoms with Crippen molar-refractivity contribution in [3.8, 4) is 11.4 Å². The number of aryl methyl sites for hydroxylation is 1. The van der Waals surface area contributed by atoms with E-state index in [2.05, 4.69) is 20.4 Å². The third kappa shape index (κ3) is 5.40. The van der Waals surface area contributed by atoms with Crippen molar-refractivity contribution in [3.63, 3.8) is 0 Å². The zero-order chi connectivity index (χ0) is 23.4. The van der Waals surface area contributed by atoms with Gasteiger partial charge in [-0.2, -0.15) is 4.98 Å². The number of carbonyl (C=O) groups excluding carboxylic acids is 2. The zero-order valence-corrected chi connectivity index (χ0v) is 19.3. The number of methoxy groups -OCH3 is 1. The second-order valence-electron chi connectivity index (χ2n) is 8.05. The van der Waals surface area contributed by atoms with Crippen LogP contribution in [-0.2, 0) is 16.1 Å². The smallest absolute Gasteiger partial charge is 0.337 e. The average Bonchev–Trinajstić information content (AvgIpc) is 3.28. The predicted octanol–water partition coefficient (Wildman–Crippen LogP) is 4.34. The Labute approximate surface area is 196 Å². The fourth-order valence-electron chi connectivity index (χ4n) is 3.85. The van der Waals surface area contributed by atoms with Crippen molar-refractivity contribution in [2.75, 3.05) is 25.5 Å². The van der Waals surface area contributed by atoms with Crippen LogP contribution in [0.5, 0.6) is 0 Å². The van der Waals surface area contributed by atoms with Gasteiger partial charge in [-0.3, -0.25) is 9.69 Å². The van der Waals surface area contributed by atoms with E-state index in [9.17, 15) is 9.59 Å². The molecule has 172 valence electrons. The Morgan fingerprint density at radius 1 is 1.21 bits per heavy atom. The van der Waals surface area contributed by atoms with E-state index in [1.807, 2.05) is 25.1 Å². The van der Waals surface area contributed by atoms with E-state index < -0.39 is 5.97 Å². The number of aromatic nitrogens is 2. The number of halogens is 1. The number of piperidine rings is 1. The van der Waals surface area contributed by atoms with Crippen LogP contribution in [0.1, 0.15) is 34.7 Å². The summed E-state index contributed by atoms with van der Waals surface area (Å²) in [4.78, 5) is 31.3. The Morgan fingerprint density at radius 3 is 2.70 bits per heavy atom. The van der Waals surface area contributed by atoms with E-state index in [4.69, 9.17) is 20.9 Å². The van der Waals surface area contributed by atoms with Crippen LogP contribution in [0, 0.1) is 12.8 Å². The van der Waals surface area contributed by atoms with Crippen LogP contribution in [0.3, 0.4) is 0 Å². The molecule has 0 aliphatic carbocycles. The number of nitrogens with zero attached hydrogens (tertiary/aromatic N) is 3. The lowest BCUT2D eigenvalue weighted by Gasteiger charge is -2.30. The summed E-state index contributed by atoms with van der Waals surface area (Å²) in [5.41, 5.74) is 2.66. The maximum atomic E-state index is 12.8. The van der Waals surface area contributed by atoms with Gasteiger partial charge in [0.15, 0.2) is 0 Å². The number of carbonyl (C=O) groups is 2. The Kier molecular flexibility index (Phi) is 7.05. The van der Waals surface area contributed by atoms with E-state index >= 15 is 0 Å². The number of anilines is 1. The van der Waals surface area contributed by atoms with Gasteiger partial charge in [0.2, 0.25) is 17.6 Å². The Bertz CT molecular complexity index is 1150. The molecule has 33 heavy (non-hydrogen) atoms. The Hall–Kier alpha value is -3.23. The topological polar surface area (TPSA) is 97.6 Å². The summed E-state index contributed by atoms with van der Waals surface area (Å²) in [6, 6.07) is 12.5. The third-order valence-corrected chi connectivity index (χ3v) is 6.15. The number of hydrogen-bond donors (Lipinski definition) is 1. The number of nitrogens with one attached hydrogen (secondary N) is 1. The van der Waals surface area contributed by atoms with Crippen LogP contribution >= 0.6 is 11.6 Å². The van der Waals surface area contributed by atoms with Crippen LogP contribution in [0.15, 0.2) is 47.0 Å². The molecule has 9 heteroatoms. The first-order valence-electron chi connectivity index (χ1n) is 10.7. The molecule has 1 N–H and O–H groups in total. The van der Waals surface area contributed by atoms with Crippen molar-refractivity contribution in [1.82, 2.24) is 15.0 Å². The molecule has 0 saturated carbocycles. The molecule has 1 aliphatic rings. The third-order valence-electron chi connectivity index (χ3n) is 5.82. The largest absolute Gasteiger partial charge is 0.465 e. The first kappa shape index (κ1) is 22.9. The minimum atomic E-state index is -0.433. The van der Waals surface area contributed by atoms with Gasteiger partial charge in [0.05, 0.1) is 24.2 Å². The zero-order valence-electron chi connectivity index (χ0n) is 18.5. The number of ether oxygens (including phenoxy) is 1. The Morgan fingerprint density at radius 2 is 1.97 bits per heavy atom. The molecule has 2 heterocycles. The number of hydrogen-bond acceptors (Lipinski definition) is 7. The molecule has 1 aliphatic heterocycles. The molecule has 0 spiro atoms. The first-order chi connectivity index (χ1) is 15.9. The highest BCUT2D eigenvalue weighted by Gasteiger charge is 2.26. The summed E-state index contributed by atoms with van der Waals surface area (Å²) in [5.74, 6) is 0.400. The Balaban J connectivity index is 1.32. The summed E-state index contributed by atoms with van der Waals surface area (Å²) in [6.45, 7) is 3.89. The predicted molar refractivity (Wildman–Crippen MR) is 124 cm³/mol. The summed E-state index contributed by atoms with van der Waals surface area (Å²) in [6.07, 6.45) is 1.43. The van der Waals surface area contributed by atoms with Crippen LogP contribution in [-0.4, -0.2) is 47.1 Å². The van der Waals surface area contributed by atoms with Gasteiger partial charge in [-0.05, 0) is 62.7 Å². The van der Waals surface area contributed by atoms with Crippen LogP contribution in [0.2, 0.25) is 5.02 Å². The second-order valence-corrected chi connectivity index (χ2v) is 8.46. The maximum absolute atomic E-state index is 12.8. The lowest BCUT2D eigenvalue weighted by atomic mass is 9.95. The van der Waals surface area contributed by atoms with Gasteiger partial charge in [0.25, 0.3) is 0 Å². The van der Waals surface area contributed by atoms with Crippen molar-refractivity contribution in [2.45, 2.75) is 26.3 Å². The lowest BCUT2D eigenvalue weighted by molar-refractivity contribution is -0.121. The molecule has 0 atom stereocenters. The molecule has 1 aromatic heterocycles. The van der Waals surface area contributed by atoms with E-state index in [1.165, 1.54) is 7.11 Å². The molecular formula is C24H25ClN4O4. The van der Waals surface area contributed by atoms with Crippen molar-refractivity contribution in [2.24, 2.45) is 5.92 Å². The second kappa shape index (κ2) is 10.1. The molecule has 8 nitrogen and oxygen atoms in total. The van der Waals surface area contributed by atoms with Gasteiger partial charge in [-0.25, -0.2) is 4.79 Å². The quantitative estimate of drug-likeness (QED) is 0.537. The molecule has 0 bridgehead atoms. The number of likely N-dealkylation sites (tertiary alicyclic amines) is 1. The number of rotatable bonds is 6. The van der Waals surface area contributed by atoms with E-state index in [1.54, 1.807) is 24.3 Å². The van der Waals surface area contributed by atoms with Crippen molar-refractivity contribution in [1.29, 1.82) is 0 Å². The van der Waals surface area contributed by atoms with Gasteiger partial charge < -0.3 is 14.6 Å². The van der Waals surface area contributed by atoms with Gasteiger partial charge in [-0.15, -0.1) is 0 Å². The van der Waals surface area contributed by atoms with Crippen molar-refractivity contribution < 1.29 is 18.8 Å². The standard InChI is InChI=1S/C24H25ClN4O4/c1-15-7-8-17(24(31)32-2)13-20(15)26-23(30)16-9-11-29(12-10-16)14-21-27-22(28-33-21)18-5-3-4-6-19(18)25/h3-8,13,16H,9-12,14H2,1-2H3,(H,26,30). The fourth-order valence-corrected chi connectivity index (χ4v) is 4.07. The van der Waals surface area contributed by atoms with Crippen LogP contribution in [0.25, 0.3) is 11.4 Å². The van der Waals surface area contributed by atoms with Gasteiger partial charge in [-0.1, -0.05) is 35.0 Å². The first-order valence-corrected chi connectivity index (χ1v) is 11.1. The molecule has 2 aromatic carbocycles. The molecule has 0 unspecified atom stereocenters. The molecule has 1 saturated heterocycles. The minimum absolute atomic E-state index is 0.0430. The van der Waals surface area contributed by atoms with Crippen LogP contribution < -0.4 is 5.32 Å². The highest BCUT2D eigenvalue weighted by molar-refractivity contribution is 6.33. The average molecular weight is 469 g/mol. The normalized spacial score (nSPS) is 14.8. The van der Waals surface area contributed by atoms with Gasteiger partial charge in [0.1, 0.15) is 0 Å². The summed E-state index contributed by atoms with van der Waals surface area (Å²) < 4.78 is 10.2. The molecule has 1 amide bonds. The molecule has 0 radical (unpaired) electrons. The summed E-state index contributed by atoms with van der Waals surface area (Å²) in [7, 11) is 1.33. The van der Waals surface area contributed by atoms with E-state index in [0.29, 0.717) is 47.4 Å². The summed E-state index contributed by atoms with van der Waals surface area (Å²) in [5, 5.41) is 7.59. The number of esters is 1. The molecule has 1 fully saturated rings. The van der Waals surface area contributed by atoms with E-state index in [0.717, 1.165) is 24.2 Å². The SMILES string of the molecule is COC(=O)c1ccc(C)c(NC(=O)C2CCN(Cc3nc(-c4ccccc4Cl)no3)CC2)c1. The van der Waals surface area contributed by atoms with Crippen LogP contribution in [0.4, 0.5) is 5.69 Å². The number of benzene rings is 2. The van der Waals surface area contributed by atoms with Gasteiger partial charge in [0, 0.05) is 17.2 Å². The van der Waals surface area contributed by atoms with E-state index in [-0.39, 0.29) is 11.8 Å². The summed E-state index contributed by atoms with van der Waals surface area (Å²) >= 11 is 6.21. The molecule has 4 rings (SSSR count). The number of amides is 1. The highest BCUT2D eigenvalue weighted by atomic mass is 35.5. The lowest BCUT2D eigenvalue weighted by Crippen LogP contribution is -2.37. The van der Waals surface area contributed by atoms with Gasteiger partial charge >= 0.3 is 5.97 Å². The monoisotopic (exact) mass is 468 g/mol. The maximum Gasteiger partial charge on any atom is 0.337 e. The van der Waals surface area contributed by atoms with Crippen molar-refractivity contribution >= 4 is 29.2 Å². The van der Waals surface area contributed by atoms with Crippen molar-refractivity contribution in [3.05, 3.63) is 64.5 Å². The molecule has 3 aromatic rings. The molecular weight excluding hydrogens is 444 g/mol. The highest BCUT2D eigenvalue weighted by Crippen LogP contribution is 2.26. The minimum Gasteiger partial charge on any atom is -0.465 e. The fraction of sp³-hybridized carbons (Fsp3) is 0.333.